The summed E-state index contributed by atoms with van der Waals surface area (Å²) < 4.78 is 7.49. The molecule has 1 aliphatic rings. The highest BCUT2D eigenvalue weighted by molar-refractivity contribution is 5.70. The van der Waals surface area contributed by atoms with Gasteiger partial charge in [0.2, 0.25) is 5.95 Å². The Morgan fingerprint density at radius 2 is 2.45 bits per heavy atom. The molecule has 0 aliphatic carbocycles. The van der Waals surface area contributed by atoms with Crippen molar-refractivity contribution in [2.75, 3.05) is 12.4 Å². The highest BCUT2D eigenvalue weighted by Crippen LogP contribution is 2.31. The molecule has 0 spiro atoms. The standard InChI is InChI=1S/C12H17N5O3/c1-3-7-6(18)4-8(20-7)17-5-14-9-10(17)15-12(13-2)16-11(9)19/h5-8,18H,3-4H2,1-2H3,(H2,13,15,16,19)/t6-,7-,8-/m1/s1. The molecule has 0 radical (unpaired) electrons. The SMILES string of the molecule is CC[C@H]1O[C@@H](n2cnc3c(=O)[nH]c(NC)nc32)C[C@H]1O. The van der Waals surface area contributed by atoms with Gasteiger partial charge in [-0.2, -0.15) is 4.98 Å². The van der Waals surface area contributed by atoms with Gasteiger partial charge in [-0.3, -0.25) is 14.3 Å². The Bertz CT molecular complexity index is 679. The number of aromatic amines is 1. The van der Waals surface area contributed by atoms with Gasteiger partial charge in [0.1, 0.15) is 6.23 Å². The lowest BCUT2D eigenvalue weighted by atomic mass is 10.1. The second-order valence-corrected chi connectivity index (χ2v) is 4.83. The van der Waals surface area contributed by atoms with Gasteiger partial charge in [0.25, 0.3) is 5.56 Å². The third-order valence-corrected chi connectivity index (χ3v) is 3.59. The fraction of sp³-hybridized carbons (Fsp3) is 0.583. The van der Waals surface area contributed by atoms with Crippen LogP contribution in [-0.4, -0.2) is 43.9 Å². The van der Waals surface area contributed by atoms with Crippen molar-refractivity contribution in [3.05, 3.63) is 16.7 Å². The molecule has 3 rings (SSSR count). The van der Waals surface area contributed by atoms with Crippen LogP contribution in [0, 0.1) is 0 Å². The Hall–Kier alpha value is -1.93. The number of anilines is 1. The van der Waals surface area contributed by atoms with E-state index in [2.05, 4.69) is 20.3 Å². The Kier molecular flexibility index (Phi) is 3.19. The number of aliphatic hydroxyl groups excluding tert-OH is 1. The molecule has 1 fully saturated rings. The summed E-state index contributed by atoms with van der Waals surface area (Å²) in [6.07, 6.45) is 1.69. The summed E-state index contributed by atoms with van der Waals surface area (Å²) in [5.41, 5.74) is 0.415. The Balaban J connectivity index is 2.05. The van der Waals surface area contributed by atoms with Crippen LogP contribution in [0.2, 0.25) is 0 Å². The van der Waals surface area contributed by atoms with Crippen molar-refractivity contribution < 1.29 is 9.84 Å². The third kappa shape index (κ3) is 1.97. The van der Waals surface area contributed by atoms with E-state index in [4.69, 9.17) is 4.74 Å². The predicted octanol–water partition coefficient (Wildman–Crippen LogP) is 0.220. The van der Waals surface area contributed by atoms with E-state index >= 15 is 0 Å². The van der Waals surface area contributed by atoms with E-state index in [-0.39, 0.29) is 23.4 Å². The average molecular weight is 279 g/mol. The van der Waals surface area contributed by atoms with Crippen LogP contribution in [0.5, 0.6) is 0 Å². The number of fused-ring (bicyclic) bond motifs is 1. The summed E-state index contributed by atoms with van der Waals surface area (Å²) in [5, 5.41) is 12.7. The molecule has 3 heterocycles. The number of nitrogens with one attached hydrogen (secondary N) is 2. The predicted molar refractivity (Wildman–Crippen MR) is 72.5 cm³/mol. The van der Waals surface area contributed by atoms with Crippen molar-refractivity contribution in [3.8, 4) is 0 Å². The lowest BCUT2D eigenvalue weighted by Crippen LogP contribution is -2.19. The Morgan fingerprint density at radius 1 is 1.65 bits per heavy atom. The van der Waals surface area contributed by atoms with Crippen LogP contribution in [0.25, 0.3) is 11.2 Å². The zero-order valence-corrected chi connectivity index (χ0v) is 11.3. The van der Waals surface area contributed by atoms with Gasteiger partial charge in [0.15, 0.2) is 11.2 Å². The first kappa shape index (κ1) is 13.1. The molecule has 20 heavy (non-hydrogen) atoms. The first-order valence-corrected chi connectivity index (χ1v) is 6.62. The molecule has 0 amide bonds. The summed E-state index contributed by atoms with van der Waals surface area (Å²) >= 11 is 0. The number of nitrogens with zero attached hydrogens (tertiary/aromatic N) is 3. The minimum absolute atomic E-state index is 0.191. The first-order chi connectivity index (χ1) is 9.63. The number of aliphatic hydroxyl groups is 1. The quantitative estimate of drug-likeness (QED) is 0.742. The number of rotatable bonds is 3. The number of H-pyrrole nitrogens is 1. The highest BCUT2D eigenvalue weighted by Gasteiger charge is 2.34. The summed E-state index contributed by atoms with van der Waals surface area (Å²) in [6.45, 7) is 1.96. The van der Waals surface area contributed by atoms with Gasteiger partial charge >= 0.3 is 0 Å². The molecule has 8 nitrogen and oxygen atoms in total. The first-order valence-electron chi connectivity index (χ1n) is 6.62. The summed E-state index contributed by atoms with van der Waals surface area (Å²) in [5.74, 6) is 0.370. The van der Waals surface area contributed by atoms with E-state index < -0.39 is 6.10 Å². The summed E-state index contributed by atoms with van der Waals surface area (Å²) in [6, 6.07) is 0. The molecule has 8 heteroatoms. The van der Waals surface area contributed by atoms with Crippen molar-refractivity contribution in [1.29, 1.82) is 0 Å². The highest BCUT2D eigenvalue weighted by atomic mass is 16.5. The smallest absolute Gasteiger partial charge is 0.280 e. The molecule has 0 aromatic carbocycles. The number of ether oxygens (including phenoxy) is 1. The maximum atomic E-state index is 11.9. The minimum atomic E-state index is -0.506. The number of aromatic nitrogens is 4. The van der Waals surface area contributed by atoms with E-state index in [1.54, 1.807) is 11.6 Å². The fourth-order valence-corrected chi connectivity index (χ4v) is 2.51. The Morgan fingerprint density at radius 3 is 3.10 bits per heavy atom. The van der Waals surface area contributed by atoms with E-state index in [9.17, 15) is 9.90 Å². The summed E-state index contributed by atoms with van der Waals surface area (Å²) in [4.78, 5) is 22.8. The van der Waals surface area contributed by atoms with Crippen molar-refractivity contribution in [2.45, 2.75) is 38.2 Å². The van der Waals surface area contributed by atoms with Crippen molar-refractivity contribution in [1.82, 2.24) is 19.5 Å². The van der Waals surface area contributed by atoms with Gasteiger partial charge in [-0.1, -0.05) is 6.92 Å². The van der Waals surface area contributed by atoms with Gasteiger partial charge in [0, 0.05) is 13.5 Å². The van der Waals surface area contributed by atoms with Crippen LogP contribution in [0.4, 0.5) is 5.95 Å². The van der Waals surface area contributed by atoms with E-state index in [0.717, 1.165) is 6.42 Å². The normalized spacial score (nSPS) is 26.2. The van der Waals surface area contributed by atoms with Crippen molar-refractivity contribution in [2.24, 2.45) is 0 Å². The van der Waals surface area contributed by atoms with Crippen LogP contribution >= 0.6 is 0 Å². The van der Waals surface area contributed by atoms with E-state index in [0.29, 0.717) is 18.0 Å². The fourth-order valence-electron chi connectivity index (χ4n) is 2.51. The van der Waals surface area contributed by atoms with Gasteiger partial charge in [-0.15, -0.1) is 0 Å². The molecule has 3 N–H and O–H groups in total. The minimum Gasteiger partial charge on any atom is -0.390 e. The molecular formula is C12H17N5O3. The topological polar surface area (TPSA) is 105 Å². The second kappa shape index (κ2) is 4.88. The van der Waals surface area contributed by atoms with Gasteiger partial charge in [0.05, 0.1) is 18.5 Å². The molecule has 1 saturated heterocycles. The third-order valence-electron chi connectivity index (χ3n) is 3.59. The van der Waals surface area contributed by atoms with Crippen LogP contribution in [-0.2, 0) is 4.74 Å². The van der Waals surface area contributed by atoms with Gasteiger partial charge in [-0.05, 0) is 6.42 Å². The molecule has 2 aromatic rings. The van der Waals surface area contributed by atoms with E-state index in [1.165, 1.54) is 6.33 Å². The molecule has 108 valence electrons. The second-order valence-electron chi connectivity index (χ2n) is 4.83. The lowest BCUT2D eigenvalue weighted by molar-refractivity contribution is -0.0183. The molecule has 0 saturated carbocycles. The molecular weight excluding hydrogens is 262 g/mol. The molecule has 0 unspecified atom stereocenters. The number of hydrogen-bond donors (Lipinski definition) is 3. The molecule has 1 aliphatic heterocycles. The zero-order chi connectivity index (χ0) is 14.3. The van der Waals surface area contributed by atoms with Crippen molar-refractivity contribution in [3.63, 3.8) is 0 Å². The molecule has 2 aromatic heterocycles. The van der Waals surface area contributed by atoms with Crippen LogP contribution in [0.15, 0.2) is 11.1 Å². The van der Waals surface area contributed by atoms with Gasteiger partial charge < -0.3 is 15.2 Å². The van der Waals surface area contributed by atoms with Crippen LogP contribution in [0.3, 0.4) is 0 Å². The average Bonchev–Trinajstić information content (AvgIpc) is 3.01. The molecule has 3 atom stereocenters. The van der Waals surface area contributed by atoms with Crippen LogP contribution < -0.4 is 10.9 Å². The lowest BCUT2D eigenvalue weighted by Gasteiger charge is -2.14. The molecule has 0 bridgehead atoms. The maximum Gasteiger partial charge on any atom is 0.280 e. The zero-order valence-electron chi connectivity index (χ0n) is 11.3. The largest absolute Gasteiger partial charge is 0.390 e. The van der Waals surface area contributed by atoms with Gasteiger partial charge in [-0.25, -0.2) is 4.98 Å². The number of hydrogen-bond acceptors (Lipinski definition) is 6. The Labute approximate surface area is 114 Å². The number of imidazole rings is 1. The monoisotopic (exact) mass is 279 g/mol. The summed E-state index contributed by atoms with van der Waals surface area (Å²) in [7, 11) is 1.67. The van der Waals surface area contributed by atoms with Crippen molar-refractivity contribution >= 4 is 17.1 Å². The van der Waals surface area contributed by atoms with E-state index in [1.807, 2.05) is 6.92 Å². The maximum absolute atomic E-state index is 11.9. The van der Waals surface area contributed by atoms with Crippen LogP contribution in [0.1, 0.15) is 26.0 Å².